The Hall–Kier alpha value is -2.41. The molecule has 0 aliphatic carbocycles. The molecule has 2 saturated heterocycles. The number of nitrogens with zero attached hydrogens (tertiary/aromatic N) is 5. The van der Waals surface area contributed by atoms with Crippen LogP contribution in [0.5, 0.6) is 5.75 Å². The van der Waals surface area contributed by atoms with Crippen molar-refractivity contribution in [3.05, 3.63) is 36.9 Å². The van der Waals surface area contributed by atoms with Crippen LogP contribution in [0.15, 0.2) is 36.9 Å². The van der Waals surface area contributed by atoms with Crippen molar-refractivity contribution < 1.29 is 9.47 Å². The number of anilines is 2. The molecule has 1 spiro atoms. The van der Waals surface area contributed by atoms with Gasteiger partial charge in [-0.25, -0.2) is 9.97 Å². The summed E-state index contributed by atoms with van der Waals surface area (Å²) in [5, 5.41) is 0. The standard InChI is InChI=1S/C19H25N5O2/c1-23(2)17-10-18(22-14-21-17)24-12-19(13-24)15(6-9-26-19)5-8-25-16-4-3-7-20-11-16/h3-4,7,10-11,14-15H,5-6,8-9,12-13H2,1-2H3. The number of pyridine rings is 1. The van der Waals surface area contributed by atoms with Crippen molar-refractivity contribution in [3.8, 4) is 5.75 Å². The van der Waals surface area contributed by atoms with Crippen molar-refractivity contribution in [2.75, 3.05) is 50.2 Å². The van der Waals surface area contributed by atoms with Crippen molar-refractivity contribution in [3.63, 3.8) is 0 Å². The monoisotopic (exact) mass is 355 g/mol. The molecule has 2 fully saturated rings. The number of rotatable bonds is 6. The Morgan fingerprint density at radius 2 is 2.23 bits per heavy atom. The first-order valence-electron chi connectivity index (χ1n) is 9.07. The Morgan fingerprint density at radius 1 is 1.35 bits per heavy atom. The molecule has 2 aromatic rings. The van der Waals surface area contributed by atoms with Gasteiger partial charge in [0.05, 0.1) is 25.9 Å². The topological polar surface area (TPSA) is 63.6 Å². The zero-order chi connectivity index (χ0) is 18.0. The lowest BCUT2D eigenvalue weighted by Crippen LogP contribution is -2.65. The Balaban J connectivity index is 1.34. The highest BCUT2D eigenvalue weighted by atomic mass is 16.5. The van der Waals surface area contributed by atoms with E-state index < -0.39 is 0 Å². The average Bonchev–Trinajstić information content (AvgIpc) is 3.05. The van der Waals surface area contributed by atoms with Gasteiger partial charge >= 0.3 is 0 Å². The van der Waals surface area contributed by atoms with Crippen LogP contribution < -0.4 is 14.5 Å². The van der Waals surface area contributed by atoms with Gasteiger partial charge in [0.1, 0.15) is 29.3 Å². The zero-order valence-electron chi connectivity index (χ0n) is 15.3. The van der Waals surface area contributed by atoms with Gasteiger partial charge in [0.15, 0.2) is 0 Å². The maximum absolute atomic E-state index is 6.16. The van der Waals surface area contributed by atoms with Crippen LogP contribution in [0.25, 0.3) is 0 Å². The highest BCUT2D eigenvalue weighted by Crippen LogP contribution is 2.43. The van der Waals surface area contributed by atoms with Gasteiger partial charge in [-0.05, 0) is 30.9 Å². The minimum absolute atomic E-state index is 0.0540. The van der Waals surface area contributed by atoms with Crippen LogP contribution in [0.3, 0.4) is 0 Å². The minimum Gasteiger partial charge on any atom is -0.492 e. The third kappa shape index (κ3) is 3.31. The van der Waals surface area contributed by atoms with Crippen LogP contribution in [0, 0.1) is 5.92 Å². The molecule has 7 nitrogen and oxygen atoms in total. The summed E-state index contributed by atoms with van der Waals surface area (Å²) in [7, 11) is 3.98. The first-order chi connectivity index (χ1) is 12.7. The van der Waals surface area contributed by atoms with E-state index in [1.54, 1.807) is 18.7 Å². The molecule has 1 unspecified atom stereocenters. The van der Waals surface area contributed by atoms with Gasteiger partial charge in [0, 0.05) is 33.0 Å². The first-order valence-corrected chi connectivity index (χ1v) is 9.07. The lowest BCUT2D eigenvalue weighted by Gasteiger charge is -2.51. The first kappa shape index (κ1) is 17.0. The molecule has 7 heteroatoms. The third-order valence-corrected chi connectivity index (χ3v) is 5.31. The van der Waals surface area contributed by atoms with E-state index in [0.29, 0.717) is 12.5 Å². The van der Waals surface area contributed by atoms with Crippen molar-refractivity contribution in [2.45, 2.75) is 18.4 Å². The molecule has 1 atom stereocenters. The molecule has 0 radical (unpaired) electrons. The number of hydrogen-bond donors (Lipinski definition) is 0. The molecule has 26 heavy (non-hydrogen) atoms. The van der Waals surface area contributed by atoms with Gasteiger partial charge in [-0.2, -0.15) is 0 Å². The van der Waals surface area contributed by atoms with Crippen molar-refractivity contribution in [2.24, 2.45) is 5.92 Å². The van der Waals surface area contributed by atoms with Crippen molar-refractivity contribution in [1.29, 1.82) is 0 Å². The normalized spacial score (nSPS) is 20.8. The molecule has 4 heterocycles. The van der Waals surface area contributed by atoms with E-state index in [0.717, 1.165) is 49.9 Å². The van der Waals surface area contributed by atoms with E-state index in [9.17, 15) is 0 Å². The largest absolute Gasteiger partial charge is 0.492 e. The van der Waals surface area contributed by atoms with E-state index in [-0.39, 0.29) is 5.60 Å². The van der Waals surface area contributed by atoms with E-state index in [1.807, 2.05) is 37.2 Å². The molecular weight excluding hydrogens is 330 g/mol. The summed E-state index contributed by atoms with van der Waals surface area (Å²) >= 11 is 0. The Morgan fingerprint density at radius 3 is 3.00 bits per heavy atom. The summed E-state index contributed by atoms with van der Waals surface area (Å²) < 4.78 is 12.0. The quantitative estimate of drug-likeness (QED) is 0.785. The second-order valence-electron chi connectivity index (χ2n) is 7.21. The summed E-state index contributed by atoms with van der Waals surface area (Å²) in [6.07, 6.45) is 7.23. The Bertz CT molecular complexity index is 734. The molecule has 4 rings (SSSR count). The average molecular weight is 355 g/mol. The zero-order valence-corrected chi connectivity index (χ0v) is 15.3. The molecular formula is C19H25N5O2. The summed E-state index contributed by atoms with van der Waals surface area (Å²) in [6, 6.07) is 5.86. The van der Waals surface area contributed by atoms with E-state index in [2.05, 4.69) is 19.9 Å². The van der Waals surface area contributed by atoms with Gasteiger partial charge in [-0.3, -0.25) is 4.98 Å². The molecule has 2 aliphatic rings. The van der Waals surface area contributed by atoms with E-state index in [1.165, 1.54) is 0 Å². The fourth-order valence-electron chi connectivity index (χ4n) is 3.81. The SMILES string of the molecule is CN(C)c1cc(N2CC3(C2)OCCC3CCOc2cccnc2)ncn1. The molecule has 0 amide bonds. The highest BCUT2D eigenvalue weighted by Gasteiger charge is 2.53. The molecule has 0 N–H and O–H groups in total. The van der Waals surface area contributed by atoms with E-state index in [4.69, 9.17) is 9.47 Å². The van der Waals surface area contributed by atoms with Gasteiger partial charge in [0.2, 0.25) is 0 Å². The third-order valence-electron chi connectivity index (χ3n) is 5.31. The second kappa shape index (κ2) is 7.07. The number of ether oxygens (including phenoxy) is 2. The van der Waals surface area contributed by atoms with Crippen LogP contribution in [0.1, 0.15) is 12.8 Å². The summed E-state index contributed by atoms with van der Waals surface area (Å²) in [4.78, 5) is 17.1. The van der Waals surface area contributed by atoms with Crippen LogP contribution >= 0.6 is 0 Å². The fraction of sp³-hybridized carbons (Fsp3) is 0.526. The minimum atomic E-state index is -0.0540. The Kier molecular flexibility index (Phi) is 4.63. The predicted octanol–water partition coefficient (Wildman–Crippen LogP) is 2.00. The second-order valence-corrected chi connectivity index (χ2v) is 7.21. The predicted molar refractivity (Wildman–Crippen MR) is 99.7 cm³/mol. The summed E-state index contributed by atoms with van der Waals surface area (Å²) in [5.74, 6) is 3.23. The van der Waals surface area contributed by atoms with Crippen molar-refractivity contribution in [1.82, 2.24) is 15.0 Å². The maximum atomic E-state index is 6.16. The lowest BCUT2D eigenvalue weighted by molar-refractivity contribution is -0.0477. The highest BCUT2D eigenvalue weighted by molar-refractivity contribution is 5.52. The molecule has 0 bridgehead atoms. The van der Waals surface area contributed by atoms with Gasteiger partial charge in [0.25, 0.3) is 0 Å². The molecule has 2 aromatic heterocycles. The molecule has 2 aliphatic heterocycles. The van der Waals surface area contributed by atoms with Crippen LogP contribution in [0.2, 0.25) is 0 Å². The number of hydrogen-bond acceptors (Lipinski definition) is 7. The molecule has 0 saturated carbocycles. The van der Waals surface area contributed by atoms with Gasteiger partial charge in [-0.15, -0.1) is 0 Å². The summed E-state index contributed by atoms with van der Waals surface area (Å²) in [5.41, 5.74) is -0.0540. The van der Waals surface area contributed by atoms with Crippen LogP contribution in [-0.2, 0) is 4.74 Å². The van der Waals surface area contributed by atoms with Crippen molar-refractivity contribution >= 4 is 11.6 Å². The van der Waals surface area contributed by atoms with Gasteiger partial charge < -0.3 is 19.3 Å². The summed E-state index contributed by atoms with van der Waals surface area (Å²) in [6.45, 7) is 3.29. The molecule has 0 aromatic carbocycles. The smallest absolute Gasteiger partial charge is 0.137 e. The number of aromatic nitrogens is 3. The lowest BCUT2D eigenvalue weighted by atomic mass is 9.79. The van der Waals surface area contributed by atoms with Crippen LogP contribution in [0.4, 0.5) is 11.6 Å². The molecule has 138 valence electrons. The Labute approximate surface area is 154 Å². The van der Waals surface area contributed by atoms with Gasteiger partial charge in [-0.1, -0.05) is 0 Å². The maximum Gasteiger partial charge on any atom is 0.137 e. The van der Waals surface area contributed by atoms with Crippen LogP contribution in [-0.4, -0.2) is 61.0 Å². The fourth-order valence-corrected chi connectivity index (χ4v) is 3.81. The van der Waals surface area contributed by atoms with E-state index >= 15 is 0 Å².